The molecule has 0 heterocycles. The van der Waals surface area contributed by atoms with Crippen molar-refractivity contribution in [3.05, 3.63) is 28.8 Å². The maximum absolute atomic E-state index is 11.8. The summed E-state index contributed by atoms with van der Waals surface area (Å²) in [6.07, 6.45) is 1.07. The number of rotatable bonds is 9. The van der Waals surface area contributed by atoms with Crippen molar-refractivity contribution in [3.8, 4) is 5.75 Å². The second kappa shape index (κ2) is 10.1. The molecule has 0 spiro atoms. The summed E-state index contributed by atoms with van der Waals surface area (Å²) >= 11 is 5.87. The number of ether oxygens (including phenoxy) is 1. The Morgan fingerprint density at radius 1 is 1.26 bits per heavy atom. The van der Waals surface area contributed by atoms with E-state index in [9.17, 15) is 9.59 Å². The predicted molar refractivity (Wildman–Crippen MR) is 91.9 cm³/mol. The number of aryl methyl sites for hydroxylation is 1. The third kappa shape index (κ3) is 6.91. The molecule has 6 heteroatoms. The predicted octanol–water partition coefficient (Wildman–Crippen LogP) is 2.79. The summed E-state index contributed by atoms with van der Waals surface area (Å²) in [7, 11) is 0. The van der Waals surface area contributed by atoms with Gasteiger partial charge in [-0.05, 0) is 51.0 Å². The molecule has 0 aromatic heterocycles. The zero-order valence-corrected chi connectivity index (χ0v) is 14.8. The van der Waals surface area contributed by atoms with Gasteiger partial charge in [-0.3, -0.25) is 9.59 Å². The lowest BCUT2D eigenvalue weighted by molar-refractivity contribution is -0.131. The number of nitrogens with one attached hydrogen (secondary N) is 1. The van der Waals surface area contributed by atoms with E-state index in [-0.39, 0.29) is 18.4 Å². The molecular weight excluding hydrogens is 316 g/mol. The summed E-state index contributed by atoms with van der Waals surface area (Å²) in [6, 6.07) is 5.25. The highest BCUT2D eigenvalue weighted by Gasteiger charge is 2.09. The number of hydrogen-bond acceptors (Lipinski definition) is 3. The summed E-state index contributed by atoms with van der Waals surface area (Å²) in [4.78, 5) is 25.3. The van der Waals surface area contributed by atoms with Gasteiger partial charge in [0.15, 0.2) is 6.61 Å². The number of carbonyl (C=O) groups is 2. The normalized spacial score (nSPS) is 10.3. The van der Waals surface area contributed by atoms with E-state index in [4.69, 9.17) is 16.3 Å². The molecule has 0 aliphatic rings. The van der Waals surface area contributed by atoms with Gasteiger partial charge in [0, 0.05) is 31.1 Å². The van der Waals surface area contributed by atoms with Crippen LogP contribution in [0.3, 0.4) is 0 Å². The monoisotopic (exact) mass is 340 g/mol. The molecule has 128 valence electrons. The van der Waals surface area contributed by atoms with Crippen molar-refractivity contribution in [2.24, 2.45) is 0 Å². The van der Waals surface area contributed by atoms with Gasteiger partial charge in [-0.2, -0.15) is 0 Å². The Hall–Kier alpha value is -1.75. The van der Waals surface area contributed by atoms with Gasteiger partial charge in [-0.1, -0.05) is 11.6 Å². The van der Waals surface area contributed by atoms with Crippen LogP contribution in [0.2, 0.25) is 5.02 Å². The van der Waals surface area contributed by atoms with Crippen LogP contribution in [0.15, 0.2) is 18.2 Å². The minimum absolute atomic E-state index is 0.0491. The van der Waals surface area contributed by atoms with E-state index in [1.807, 2.05) is 20.8 Å². The lowest BCUT2D eigenvalue weighted by Gasteiger charge is -2.18. The van der Waals surface area contributed by atoms with Crippen LogP contribution in [0.25, 0.3) is 0 Å². The first-order valence-corrected chi connectivity index (χ1v) is 8.29. The van der Waals surface area contributed by atoms with Crippen molar-refractivity contribution in [1.82, 2.24) is 10.2 Å². The molecule has 0 unspecified atom stereocenters. The first-order chi connectivity index (χ1) is 11.0. The van der Waals surface area contributed by atoms with E-state index in [1.165, 1.54) is 0 Å². The largest absolute Gasteiger partial charge is 0.484 e. The third-order valence-corrected chi connectivity index (χ3v) is 3.74. The average molecular weight is 341 g/mol. The van der Waals surface area contributed by atoms with E-state index >= 15 is 0 Å². The molecule has 0 bridgehead atoms. The van der Waals surface area contributed by atoms with Crippen molar-refractivity contribution >= 4 is 23.4 Å². The Bertz CT molecular complexity index is 531. The van der Waals surface area contributed by atoms with Crippen LogP contribution in [0, 0.1) is 6.92 Å². The van der Waals surface area contributed by atoms with Gasteiger partial charge in [0.1, 0.15) is 5.75 Å². The molecule has 1 N–H and O–H groups in total. The minimum atomic E-state index is -0.199. The molecule has 2 amide bonds. The van der Waals surface area contributed by atoms with Crippen molar-refractivity contribution in [1.29, 1.82) is 0 Å². The second-order valence-corrected chi connectivity index (χ2v) is 5.65. The van der Waals surface area contributed by atoms with Crippen LogP contribution in [-0.2, 0) is 9.59 Å². The van der Waals surface area contributed by atoms with E-state index in [0.717, 1.165) is 18.7 Å². The number of halogens is 1. The molecule has 1 aromatic carbocycles. The van der Waals surface area contributed by atoms with Crippen LogP contribution >= 0.6 is 11.6 Å². The zero-order chi connectivity index (χ0) is 17.2. The number of hydrogen-bond donors (Lipinski definition) is 1. The molecular formula is C17H25ClN2O3. The summed E-state index contributed by atoms with van der Waals surface area (Å²) < 4.78 is 5.46. The molecule has 0 radical (unpaired) electrons. The molecule has 23 heavy (non-hydrogen) atoms. The van der Waals surface area contributed by atoms with Gasteiger partial charge in [0.2, 0.25) is 5.91 Å². The second-order valence-electron chi connectivity index (χ2n) is 5.22. The number of nitrogens with zero attached hydrogens (tertiary/aromatic N) is 1. The van der Waals surface area contributed by atoms with E-state index < -0.39 is 0 Å². The zero-order valence-electron chi connectivity index (χ0n) is 14.0. The van der Waals surface area contributed by atoms with Crippen LogP contribution in [0.1, 0.15) is 32.3 Å². The quantitative estimate of drug-likeness (QED) is 0.703. The topological polar surface area (TPSA) is 58.6 Å². The molecule has 5 nitrogen and oxygen atoms in total. The highest BCUT2D eigenvalue weighted by Crippen LogP contribution is 2.21. The maximum Gasteiger partial charge on any atom is 0.257 e. The standard InChI is InChI=1S/C17H25ClN2O3/c1-4-20(5-2)17(22)7-6-10-19-16(21)12-23-15-9-8-14(18)11-13(15)3/h8-9,11H,4-7,10,12H2,1-3H3,(H,19,21). The fraction of sp³-hybridized carbons (Fsp3) is 0.529. The Balaban J connectivity index is 2.23. The number of carbonyl (C=O) groups excluding carboxylic acids is 2. The van der Waals surface area contributed by atoms with Crippen LogP contribution in [0.4, 0.5) is 0 Å². The maximum atomic E-state index is 11.8. The molecule has 0 aliphatic heterocycles. The highest BCUT2D eigenvalue weighted by atomic mass is 35.5. The first kappa shape index (κ1) is 19.3. The highest BCUT2D eigenvalue weighted by molar-refractivity contribution is 6.30. The fourth-order valence-electron chi connectivity index (χ4n) is 2.17. The molecule has 1 rings (SSSR count). The van der Waals surface area contributed by atoms with Crippen LogP contribution in [-0.4, -0.2) is 43.0 Å². The number of amides is 2. The lowest BCUT2D eigenvalue weighted by Crippen LogP contribution is -2.33. The van der Waals surface area contributed by atoms with Gasteiger partial charge in [-0.15, -0.1) is 0 Å². The minimum Gasteiger partial charge on any atom is -0.484 e. The smallest absolute Gasteiger partial charge is 0.257 e. The first-order valence-electron chi connectivity index (χ1n) is 7.91. The summed E-state index contributed by atoms with van der Waals surface area (Å²) in [6.45, 7) is 7.64. The molecule has 0 aliphatic carbocycles. The molecule has 0 saturated carbocycles. The molecule has 0 saturated heterocycles. The van der Waals surface area contributed by atoms with Gasteiger partial charge in [0.25, 0.3) is 5.91 Å². The Morgan fingerprint density at radius 2 is 1.96 bits per heavy atom. The summed E-state index contributed by atoms with van der Waals surface area (Å²) in [5.74, 6) is 0.563. The molecule has 0 atom stereocenters. The van der Waals surface area contributed by atoms with Crippen molar-refractivity contribution in [2.75, 3.05) is 26.2 Å². The van der Waals surface area contributed by atoms with Crippen molar-refractivity contribution in [3.63, 3.8) is 0 Å². The summed E-state index contributed by atoms with van der Waals surface area (Å²) in [5.41, 5.74) is 0.884. The van der Waals surface area contributed by atoms with E-state index in [1.54, 1.807) is 23.1 Å². The van der Waals surface area contributed by atoms with E-state index in [2.05, 4.69) is 5.32 Å². The van der Waals surface area contributed by atoms with Crippen molar-refractivity contribution in [2.45, 2.75) is 33.6 Å². The Labute approximate surface area is 142 Å². The third-order valence-electron chi connectivity index (χ3n) is 3.50. The average Bonchev–Trinajstić information content (AvgIpc) is 2.52. The van der Waals surface area contributed by atoms with E-state index in [0.29, 0.717) is 30.2 Å². The van der Waals surface area contributed by atoms with Gasteiger partial charge < -0.3 is 15.0 Å². The van der Waals surface area contributed by atoms with Crippen LogP contribution < -0.4 is 10.1 Å². The summed E-state index contributed by atoms with van der Waals surface area (Å²) in [5, 5.41) is 3.39. The molecule has 0 fully saturated rings. The fourth-order valence-corrected chi connectivity index (χ4v) is 2.40. The van der Waals surface area contributed by atoms with Gasteiger partial charge in [-0.25, -0.2) is 0 Å². The molecule has 1 aromatic rings. The lowest BCUT2D eigenvalue weighted by atomic mass is 10.2. The van der Waals surface area contributed by atoms with Gasteiger partial charge >= 0.3 is 0 Å². The van der Waals surface area contributed by atoms with Crippen molar-refractivity contribution < 1.29 is 14.3 Å². The SMILES string of the molecule is CCN(CC)C(=O)CCCNC(=O)COc1ccc(Cl)cc1C. The van der Waals surface area contributed by atoms with Crippen LogP contribution in [0.5, 0.6) is 5.75 Å². The Morgan fingerprint density at radius 3 is 2.57 bits per heavy atom. The number of benzene rings is 1. The Kier molecular flexibility index (Phi) is 8.48. The van der Waals surface area contributed by atoms with Gasteiger partial charge in [0.05, 0.1) is 0 Å².